The Balaban J connectivity index is 1.12. The minimum Gasteiger partial charge on any atom is -0.493 e. The van der Waals surface area contributed by atoms with Crippen molar-refractivity contribution < 1.29 is 23.2 Å². The number of halogens is 2. The second-order valence-electron chi connectivity index (χ2n) is 9.19. The van der Waals surface area contributed by atoms with Crippen molar-refractivity contribution in [3.63, 3.8) is 0 Å². The van der Waals surface area contributed by atoms with Gasteiger partial charge in [-0.05, 0) is 54.4 Å². The molecule has 9 nitrogen and oxygen atoms in total. The van der Waals surface area contributed by atoms with Gasteiger partial charge < -0.3 is 19.2 Å². The highest BCUT2D eigenvalue weighted by Crippen LogP contribution is 2.27. The number of methoxy groups -OCH3 is 1. The van der Waals surface area contributed by atoms with Crippen LogP contribution in [0.5, 0.6) is 11.5 Å². The van der Waals surface area contributed by atoms with Gasteiger partial charge in [-0.15, -0.1) is 0 Å². The van der Waals surface area contributed by atoms with E-state index >= 15 is 0 Å². The fourth-order valence-corrected chi connectivity index (χ4v) is 5.74. The van der Waals surface area contributed by atoms with Gasteiger partial charge in [0.2, 0.25) is 0 Å². The van der Waals surface area contributed by atoms with E-state index in [0.29, 0.717) is 52.8 Å². The molecule has 0 bridgehead atoms. The van der Waals surface area contributed by atoms with Crippen LogP contribution in [0.3, 0.4) is 0 Å². The van der Waals surface area contributed by atoms with Crippen LogP contribution in [0, 0.1) is 6.92 Å². The monoisotopic (exact) mass is 624 g/mol. The molecule has 5 aromatic rings. The molecule has 0 fully saturated rings. The molecule has 0 amide bonds. The molecule has 3 heterocycles. The Hall–Kier alpha value is -3.99. The minimum atomic E-state index is -1.52. The summed E-state index contributed by atoms with van der Waals surface area (Å²) in [4.78, 5) is 27.6. The molecule has 0 saturated carbocycles. The topological polar surface area (TPSA) is 116 Å². The number of carbonyl (C=O) groups is 1. The van der Waals surface area contributed by atoms with Gasteiger partial charge in [0.25, 0.3) is 0 Å². The smallest absolute Gasteiger partial charge is 0.337 e. The highest BCUT2D eigenvalue weighted by molar-refractivity contribution is 7.84. The number of hydrogen-bond donors (Lipinski definition) is 1. The molecular formula is C30H26Cl2N4O5S. The predicted octanol–water partition coefficient (Wildman–Crippen LogP) is 6.58. The van der Waals surface area contributed by atoms with Crippen LogP contribution in [0.1, 0.15) is 28.0 Å². The van der Waals surface area contributed by atoms with Crippen LogP contribution < -0.4 is 9.47 Å². The van der Waals surface area contributed by atoms with Gasteiger partial charge in [-0.1, -0.05) is 47.5 Å². The van der Waals surface area contributed by atoms with Crippen molar-refractivity contribution in [2.75, 3.05) is 20.3 Å². The van der Waals surface area contributed by atoms with E-state index < -0.39 is 10.8 Å². The average Bonchev–Trinajstić information content (AvgIpc) is 3.43. The van der Waals surface area contributed by atoms with Gasteiger partial charge in [0.1, 0.15) is 22.2 Å². The summed E-state index contributed by atoms with van der Waals surface area (Å²) in [7, 11) is -0.151. The first-order valence-corrected chi connectivity index (χ1v) is 15.0. The number of hydrogen-bond acceptors (Lipinski definition) is 8. The Morgan fingerprint density at radius 1 is 0.976 bits per heavy atom. The van der Waals surface area contributed by atoms with E-state index in [4.69, 9.17) is 37.4 Å². The zero-order chi connectivity index (χ0) is 29.6. The van der Waals surface area contributed by atoms with Crippen molar-refractivity contribution in [1.82, 2.24) is 19.9 Å². The summed E-state index contributed by atoms with van der Waals surface area (Å²) in [5, 5.41) is 0.810. The molecule has 0 spiro atoms. The second-order valence-corrected chi connectivity index (χ2v) is 11.3. The summed E-state index contributed by atoms with van der Waals surface area (Å²) in [6.45, 7) is 2.77. The molecule has 2 aromatic carbocycles. The van der Waals surface area contributed by atoms with Crippen LogP contribution in [0.2, 0.25) is 10.2 Å². The van der Waals surface area contributed by atoms with Crippen molar-refractivity contribution in [2.45, 2.75) is 24.3 Å². The summed E-state index contributed by atoms with van der Waals surface area (Å²) in [6, 6.07) is 18.2. The molecule has 216 valence electrons. The SMILES string of the molecule is COC(=O)c1cccc(-c2ccc(OCCCOc3ccnc(CS(=O)c4nc5nc(Cl)cc(Cl)c5[nH]4)c3C)cc2)c1. The van der Waals surface area contributed by atoms with Crippen LogP contribution in [0.15, 0.2) is 72.0 Å². The van der Waals surface area contributed by atoms with Crippen LogP contribution in [0.4, 0.5) is 0 Å². The molecule has 1 N–H and O–H groups in total. The zero-order valence-electron chi connectivity index (χ0n) is 22.7. The first-order valence-electron chi connectivity index (χ1n) is 12.9. The molecular weight excluding hydrogens is 599 g/mol. The van der Waals surface area contributed by atoms with Crippen LogP contribution in [-0.2, 0) is 21.3 Å². The van der Waals surface area contributed by atoms with E-state index in [1.54, 1.807) is 24.4 Å². The molecule has 0 aliphatic rings. The second kappa shape index (κ2) is 13.3. The number of H-pyrrole nitrogens is 1. The number of nitrogens with zero attached hydrogens (tertiary/aromatic N) is 3. The van der Waals surface area contributed by atoms with Gasteiger partial charge in [-0.3, -0.25) is 9.19 Å². The van der Waals surface area contributed by atoms with Crippen molar-refractivity contribution in [1.29, 1.82) is 0 Å². The lowest BCUT2D eigenvalue weighted by atomic mass is 10.0. The van der Waals surface area contributed by atoms with Crippen LogP contribution in [-0.4, -0.2) is 50.4 Å². The van der Waals surface area contributed by atoms with E-state index in [2.05, 4.69) is 19.9 Å². The summed E-state index contributed by atoms with van der Waals surface area (Å²) < 4.78 is 29.7. The fraction of sp³-hybridized carbons (Fsp3) is 0.200. The summed E-state index contributed by atoms with van der Waals surface area (Å²) >= 11 is 12.1. The number of rotatable bonds is 11. The van der Waals surface area contributed by atoms with E-state index in [9.17, 15) is 9.00 Å². The average molecular weight is 626 g/mol. The number of nitrogens with one attached hydrogen (secondary N) is 1. The summed E-state index contributed by atoms with van der Waals surface area (Å²) in [5.41, 5.74) is 4.60. The number of benzene rings is 2. The number of aromatic amines is 1. The normalized spacial score (nSPS) is 11.8. The van der Waals surface area contributed by atoms with Gasteiger partial charge in [-0.25, -0.2) is 14.8 Å². The number of aromatic nitrogens is 4. The Morgan fingerprint density at radius 2 is 1.76 bits per heavy atom. The Labute approximate surface area is 254 Å². The fourth-order valence-electron chi connectivity index (χ4n) is 4.18. The van der Waals surface area contributed by atoms with E-state index in [1.807, 2.05) is 43.3 Å². The van der Waals surface area contributed by atoms with Gasteiger partial charge >= 0.3 is 5.97 Å². The third-order valence-electron chi connectivity index (χ3n) is 6.39. The molecule has 5 rings (SSSR count). The maximum absolute atomic E-state index is 13.0. The Kier molecular flexibility index (Phi) is 9.36. The molecule has 1 unspecified atom stereocenters. The maximum atomic E-state index is 13.0. The number of pyridine rings is 2. The molecule has 0 aliphatic carbocycles. The lowest BCUT2D eigenvalue weighted by Gasteiger charge is -2.12. The molecule has 0 aliphatic heterocycles. The quantitative estimate of drug-likeness (QED) is 0.0995. The van der Waals surface area contributed by atoms with Gasteiger partial charge in [0, 0.05) is 18.2 Å². The predicted molar refractivity (Wildman–Crippen MR) is 162 cm³/mol. The largest absolute Gasteiger partial charge is 0.493 e. The molecule has 1 atom stereocenters. The third kappa shape index (κ3) is 6.89. The standard InChI is InChI=1S/C30H26Cl2N4O5S/c1-18-24(17-42(38)30-35-27-23(31)16-26(32)34-28(27)36-30)33-12-11-25(18)41-14-4-13-40-22-9-7-19(8-10-22)20-5-3-6-21(15-20)29(37)39-2/h3,5-12,15-16H,4,13-14,17H2,1-2H3,(H,34,35,36). The van der Waals surface area contributed by atoms with Crippen molar-refractivity contribution in [2.24, 2.45) is 0 Å². The van der Waals surface area contributed by atoms with Gasteiger partial charge in [-0.2, -0.15) is 0 Å². The van der Waals surface area contributed by atoms with E-state index in [1.165, 1.54) is 13.2 Å². The number of ether oxygens (including phenoxy) is 3. The summed E-state index contributed by atoms with van der Waals surface area (Å²) in [6.07, 6.45) is 2.28. The highest BCUT2D eigenvalue weighted by Gasteiger charge is 2.17. The number of carbonyl (C=O) groups excluding carboxylic acids is 1. The molecule has 3 aromatic heterocycles. The lowest BCUT2D eigenvalue weighted by molar-refractivity contribution is 0.0600. The first-order chi connectivity index (χ1) is 20.3. The Bertz CT molecular complexity index is 1760. The van der Waals surface area contributed by atoms with Gasteiger partial charge in [0.05, 0.1) is 53.2 Å². The van der Waals surface area contributed by atoms with Crippen molar-refractivity contribution in [3.05, 3.63) is 93.9 Å². The van der Waals surface area contributed by atoms with E-state index in [-0.39, 0.29) is 22.0 Å². The highest BCUT2D eigenvalue weighted by atomic mass is 35.5. The van der Waals surface area contributed by atoms with Crippen molar-refractivity contribution in [3.8, 4) is 22.6 Å². The maximum Gasteiger partial charge on any atom is 0.337 e. The van der Waals surface area contributed by atoms with E-state index in [0.717, 1.165) is 22.4 Å². The third-order valence-corrected chi connectivity index (χ3v) is 8.04. The Morgan fingerprint density at radius 3 is 2.55 bits per heavy atom. The molecule has 12 heteroatoms. The van der Waals surface area contributed by atoms with Gasteiger partial charge in [0.15, 0.2) is 10.8 Å². The number of fused-ring (bicyclic) bond motifs is 1. The first kappa shape index (κ1) is 29.5. The number of imidazole rings is 1. The number of esters is 1. The zero-order valence-corrected chi connectivity index (χ0v) is 25.1. The molecule has 0 radical (unpaired) electrons. The van der Waals surface area contributed by atoms with Crippen molar-refractivity contribution >= 4 is 51.1 Å². The lowest BCUT2D eigenvalue weighted by Crippen LogP contribution is -2.08. The molecule has 0 saturated heterocycles. The summed E-state index contributed by atoms with van der Waals surface area (Å²) in [5.74, 6) is 1.17. The van der Waals surface area contributed by atoms with Crippen LogP contribution >= 0.6 is 23.2 Å². The van der Waals surface area contributed by atoms with Crippen LogP contribution in [0.25, 0.3) is 22.3 Å². The minimum absolute atomic E-state index is 0.139. The molecule has 42 heavy (non-hydrogen) atoms.